The van der Waals surface area contributed by atoms with Gasteiger partial charge in [0.25, 0.3) is 0 Å². The molecule has 1 heterocycles. The standard InChI is InChI=1S/C28H49N5O5S/c1-10-19(5)25(31-24(35)14-12-13-15-32(7)8)27(36)33(9)23(18(3)4)16-21(29-20(6)34)26-30-22(17-39-26)28(37)38-11-2/h17-19,21,23,25H,10-16H2,1-9H3,(H,29,34)(H,31,35)/t19-,21+,23+,25-/m0/s1. The van der Waals surface area contributed by atoms with Crippen LogP contribution in [0.4, 0.5) is 0 Å². The number of nitrogens with one attached hydrogen (secondary N) is 2. The summed E-state index contributed by atoms with van der Waals surface area (Å²) in [6.07, 6.45) is 3.19. The second-order valence-electron chi connectivity index (χ2n) is 10.7. The number of carbonyl (C=O) groups excluding carboxylic acids is 4. The predicted molar refractivity (Wildman–Crippen MR) is 154 cm³/mol. The Labute approximate surface area is 238 Å². The monoisotopic (exact) mass is 567 g/mol. The average molecular weight is 568 g/mol. The van der Waals surface area contributed by atoms with E-state index < -0.39 is 18.1 Å². The highest BCUT2D eigenvalue weighted by molar-refractivity contribution is 7.09. The number of likely N-dealkylation sites (N-methyl/N-ethyl adjacent to an activating group) is 1. The van der Waals surface area contributed by atoms with Gasteiger partial charge in [-0.25, -0.2) is 9.78 Å². The van der Waals surface area contributed by atoms with Crippen LogP contribution in [0.2, 0.25) is 0 Å². The zero-order valence-corrected chi connectivity index (χ0v) is 26.0. The molecule has 11 heteroatoms. The first kappa shape index (κ1) is 34.5. The van der Waals surface area contributed by atoms with Crippen molar-refractivity contribution in [3.8, 4) is 0 Å². The molecular formula is C28H49N5O5S. The minimum atomic E-state index is -0.642. The first-order valence-corrected chi connectivity index (χ1v) is 14.8. The third-order valence-corrected chi connectivity index (χ3v) is 7.79. The highest BCUT2D eigenvalue weighted by Crippen LogP contribution is 2.28. The van der Waals surface area contributed by atoms with E-state index in [1.165, 1.54) is 18.3 Å². The van der Waals surface area contributed by atoms with Gasteiger partial charge in [0.05, 0.1) is 12.6 Å². The van der Waals surface area contributed by atoms with E-state index in [1.54, 1.807) is 24.3 Å². The van der Waals surface area contributed by atoms with Crippen LogP contribution in [0, 0.1) is 11.8 Å². The molecule has 0 aliphatic carbocycles. The van der Waals surface area contributed by atoms with Crippen LogP contribution in [-0.4, -0.2) is 84.9 Å². The molecule has 2 N–H and O–H groups in total. The van der Waals surface area contributed by atoms with Crippen LogP contribution >= 0.6 is 11.3 Å². The zero-order valence-electron chi connectivity index (χ0n) is 25.2. The lowest BCUT2D eigenvalue weighted by Crippen LogP contribution is -2.54. The maximum absolute atomic E-state index is 13.8. The lowest BCUT2D eigenvalue weighted by atomic mass is 9.92. The summed E-state index contributed by atoms with van der Waals surface area (Å²) in [6, 6.07) is -1.39. The molecule has 39 heavy (non-hydrogen) atoms. The molecule has 0 saturated heterocycles. The summed E-state index contributed by atoms with van der Waals surface area (Å²) in [7, 11) is 5.76. The summed E-state index contributed by atoms with van der Waals surface area (Å²) in [5, 5.41) is 8.13. The molecule has 0 fully saturated rings. The van der Waals surface area contributed by atoms with Crippen molar-refractivity contribution >= 4 is 35.0 Å². The Morgan fingerprint density at radius 2 is 1.72 bits per heavy atom. The highest BCUT2D eigenvalue weighted by Gasteiger charge is 2.34. The number of unbranched alkanes of at least 4 members (excludes halogenated alkanes) is 1. The Bertz CT molecular complexity index is 935. The van der Waals surface area contributed by atoms with Gasteiger partial charge < -0.3 is 25.2 Å². The van der Waals surface area contributed by atoms with Gasteiger partial charge in [-0.15, -0.1) is 11.3 Å². The van der Waals surface area contributed by atoms with Gasteiger partial charge in [-0.2, -0.15) is 0 Å². The molecule has 4 atom stereocenters. The van der Waals surface area contributed by atoms with E-state index in [4.69, 9.17) is 4.74 Å². The van der Waals surface area contributed by atoms with Gasteiger partial charge in [-0.1, -0.05) is 34.1 Å². The van der Waals surface area contributed by atoms with Crippen LogP contribution in [0.25, 0.3) is 0 Å². The minimum Gasteiger partial charge on any atom is -0.461 e. The molecule has 0 aromatic carbocycles. The van der Waals surface area contributed by atoms with E-state index in [-0.39, 0.29) is 47.9 Å². The maximum atomic E-state index is 13.8. The van der Waals surface area contributed by atoms with Gasteiger partial charge in [-0.3, -0.25) is 14.4 Å². The van der Waals surface area contributed by atoms with Crippen molar-refractivity contribution < 1.29 is 23.9 Å². The minimum absolute atomic E-state index is 0.0456. The molecule has 1 aromatic rings. The smallest absolute Gasteiger partial charge is 0.357 e. The second-order valence-corrected chi connectivity index (χ2v) is 11.6. The van der Waals surface area contributed by atoms with Gasteiger partial charge in [-0.05, 0) is 58.7 Å². The van der Waals surface area contributed by atoms with E-state index in [2.05, 4.69) is 20.5 Å². The molecular weight excluding hydrogens is 518 g/mol. The van der Waals surface area contributed by atoms with E-state index >= 15 is 0 Å². The number of hydrogen-bond donors (Lipinski definition) is 2. The Balaban J connectivity index is 3.10. The predicted octanol–water partition coefficient (Wildman–Crippen LogP) is 3.63. The van der Waals surface area contributed by atoms with Gasteiger partial charge in [0, 0.05) is 31.8 Å². The highest BCUT2D eigenvalue weighted by atomic mass is 32.1. The Hall–Kier alpha value is -2.53. The van der Waals surface area contributed by atoms with Gasteiger partial charge in [0.15, 0.2) is 5.69 Å². The summed E-state index contributed by atoms with van der Waals surface area (Å²) in [6.45, 7) is 12.3. The van der Waals surface area contributed by atoms with Crippen LogP contribution in [0.5, 0.6) is 0 Å². The number of hydrogen-bond acceptors (Lipinski definition) is 8. The Morgan fingerprint density at radius 1 is 1.05 bits per heavy atom. The molecule has 0 spiro atoms. The van der Waals surface area contributed by atoms with Crippen LogP contribution in [0.1, 0.15) is 95.2 Å². The fourth-order valence-electron chi connectivity index (χ4n) is 4.36. The van der Waals surface area contributed by atoms with Crippen LogP contribution < -0.4 is 10.6 Å². The fraction of sp³-hybridized carbons (Fsp3) is 0.750. The largest absolute Gasteiger partial charge is 0.461 e. The summed E-state index contributed by atoms with van der Waals surface area (Å²) in [5.41, 5.74) is 0.197. The van der Waals surface area contributed by atoms with Crippen molar-refractivity contribution in [2.24, 2.45) is 11.8 Å². The molecule has 0 saturated carbocycles. The lowest BCUT2D eigenvalue weighted by molar-refractivity contribution is -0.139. The first-order valence-electron chi connectivity index (χ1n) is 13.9. The third kappa shape index (κ3) is 11.6. The molecule has 1 aromatic heterocycles. The molecule has 222 valence electrons. The summed E-state index contributed by atoms with van der Waals surface area (Å²) in [5.74, 6) is -1.01. The van der Waals surface area contributed by atoms with E-state index in [9.17, 15) is 19.2 Å². The molecule has 0 bridgehead atoms. The lowest BCUT2D eigenvalue weighted by Gasteiger charge is -2.37. The van der Waals surface area contributed by atoms with Crippen LogP contribution in [0.3, 0.4) is 0 Å². The molecule has 10 nitrogen and oxygen atoms in total. The summed E-state index contributed by atoms with van der Waals surface area (Å²) >= 11 is 1.27. The SMILES string of the molecule is CCOC(=O)c1csc([C@@H](C[C@H](C(C)C)N(C)C(=O)[C@@H](NC(=O)CCCCN(C)C)[C@@H](C)CC)NC(C)=O)n1. The van der Waals surface area contributed by atoms with E-state index in [0.717, 1.165) is 25.8 Å². The van der Waals surface area contributed by atoms with Gasteiger partial charge >= 0.3 is 5.97 Å². The third-order valence-electron chi connectivity index (χ3n) is 6.83. The first-order chi connectivity index (χ1) is 18.3. The number of nitrogens with zero attached hydrogens (tertiary/aromatic N) is 3. The molecule has 0 aliphatic heterocycles. The quantitative estimate of drug-likeness (QED) is 0.218. The molecule has 0 radical (unpaired) electrons. The van der Waals surface area contributed by atoms with Crippen molar-refractivity contribution in [1.29, 1.82) is 0 Å². The van der Waals surface area contributed by atoms with Crippen molar-refractivity contribution in [3.63, 3.8) is 0 Å². The molecule has 1 rings (SSSR count). The molecule has 0 aliphatic rings. The Kier molecular flexibility index (Phi) is 15.2. The number of aromatic nitrogens is 1. The number of amides is 3. The van der Waals surface area contributed by atoms with Crippen molar-refractivity contribution in [2.45, 2.75) is 91.8 Å². The summed E-state index contributed by atoms with van der Waals surface area (Å²) < 4.78 is 5.05. The van der Waals surface area contributed by atoms with Crippen molar-refractivity contribution in [1.82, 2.24) is 25.4 Å². The van der Waals surface area contributed by atoms with E-state index in [0.29, 0.717) is 17.8 Å². The fourth-order valence-corrected chi connectivity index (χ4v) is 5.21. The zero-order chi connectivity index (χ0) is 29.7. The van der Waals surface area contributed by atoms with Crippen LogP contribution in [0.15, 0.2) is 5.38 Å². The normalized spacial score (nSPS) is 14.4. The number of carbonyl (C=O) groups is 4. The van der Waals surface area contributed by atoms with Crippen molar-refractivity contribution in [2.75, 3.05) is 34.3 Å². The molecule has 0 unspecified atom stereocenters. The topological polar surface area (TPSA) is 121 Å². The average Bonchev–Trinajstić information content (AvgIpc) is 3.36. The van der Waals surface area contributed by atoms with Gasteiger partial charge in [0.1, 0.15) is 11.0 Å². The number of esters is 1. The Morgan fingerprint density at radius 3 is 2.26 bits per heavy atom. The number of thiazole rings is 1. The van der Waals surface area contributed by atoms with Crippen molar-refractivity contribution in [3.05, 3.63) is 16.1 Å². The number of ether oxygens (including phenoxy) is 1. The number of rotatable bonds is 17. The van der Waals surface area contributed by atoms with E-state index in [1.807, 2.05) is 41.8 Å². The van der Waals surface area contributed by atoms with Gasteiger partial charge in [0.2, 0.25) is 17.7 Å². The van der Waals surface area contributed by atoms with Crippen LogP contribution in [-0.2, 0) is 19.1 Å². The molecule has 3 amide bonds. The second kappa shape index (κ2) is 17.2. The maximum Gasteiger partial charge on any atom is 0.357 e. The summed E-state index contributed by atoms with van der Waals surface area (Å²) in [4.78, 5) is 59.0.